The highest BCUT2D eigenvalue weighted by Gasteiger charge is 2.28. The van der Waals surface area contributed by atoms with E-state index in [1.165, 1.54) is 0 Å². The molecule has 1 aromatic carbocycles. The second-order valence-electron chi connectivity index (χ2n) is 3.06. The highest BCUT2D eigenvalue weighted by atomic mass is 16.5. The lowest BCUT2D eigenvalue weighted by Gasteiger charge is -1.93. The molecule has 0 fully saturated rings. The Hall–Kier alpha value is -1.77. The predicted molar refractivity (Wildman–Crippen MR) is 45.9 cm³/mol. The van der Waals surface area contributed by atoms with Crippen LogP contribution in [0.3, 0.4) is 0 Å². The normalized spacial score (nSPS) is 13.8. The third-order valence-electron chi connectivity index (χ3n) is 2.25. The van der Waals surface area contributed by atoms with Crippen LogP contribution >= 0.6 is 0 Å². The molecule has 0 bridgehead atoms. The summed E-state index contributed by atoms with van der Waals surface area (Å²) in [6.45, 7) is 1.79. The number of aryl methyl sites for hydroxylation is 1. The van der Waals surface area contributed by atoms with Crippen LogP contribution in [0.5, 0.6) is 5.75 Å². The molecule has 0 amide bonds. The Bertz CT molecular complexity index is 522. The molecule has 64 valence electrons. The molecule has 3 rings (SSSR count). The summed E-state index contributed by atoms with van der Waals surface area (Å²) >= 11 is 0. The van der Waals surface area contributed by atoms with Crippen molar-refractivity contribution >= 4 is 16.9 Å². The molecular formula is C10H6O3. The highest BCUT2D eigenvalue weighted by Crippen LogP contribution is 2.39. The summed E-state index contributed by atoms with van der Waals surface area (Å²) in [5.41, 5.74) is 1.32. The average Bonchev–Trinajstić information content (AvgIpc) is 2.59. The first-order valence-electron chi connectivity index (χ1n) is 4.01. The Labute approximate surface area is 73.9 Å². The zero-order chi connectivity index (χ0) is 9.00. The Morgan fingerprint density at radius 1 is 1.31 bits per heavy atom. The van der Waals surface area contributed by atoms with Gasteiger partial charge in [-0.15, -0.1) is 0 Å². The first-order valence-corrected chi connectivity index (χ1v) is 4.01. The molecule has 13 heavy (non-hydrogen) atoms. The lowest BCUT2D eigenvalue weighted by molar-refractivity contribution is 0.0750. The number of esters is 1. The number of benzene rings is 1. The van der Waals surface area contributed by atoms with E-state index in [1.807, 2.05) is 6.07 Å². The highest BCUT2D eigenvalue weighted by molar-refractivity contribution is 6.12. The van der Waals surface area contributed by atoms with Crippen molar-refractivity contribution < 1.29 is 13.9 Å². The SMILES string of the molecule is Cc1oc2cccc3c2c1OC3=O. The van der Waals surface area contributed by atoms with Crippen molar-refractivity contribution in [3.8, 4) is 5.75 Å². The number of ether oxygens (including phenoxy) is 1. The molecule has 1 aromatic heterocycles. The lowest BCUT2D eigenvalue weighted by Crippen LogP contribution is -2.01. The zero-order valence-corrected chi connectivity index (χ0v) is 6.96. The summed E-state index contributed by atoms with van der Waals surface area (Å²) in [6.07, 6.45) is 0. The van der Waals surface area contributed by atoms with Gasteiger partial charge in [0.2, 0.25) is 0 Å². The minimum Gasteiger partial charge on any atom is -0.457 e. The van der Waals surface area contributed by atoms with Crippen LogP contribution in [0.15, 0.2) is 22.6 Å². The van der Waals surface area contributed by atoms with Crippen LogP contribution in [0.4, 0.5) is 0 Å². The number of rotatable bonds is 0. The molecule has 1 aliphatic heterocycles. The first-order chi connectivity index (χ1) is 6.27. The molecule has 2 heterocycles. The molecule has 0 atom stereocenters. The van der Waals surface area contributed by atoms with Crippen LogP contribution in [0.2, 0.25) is 0 Å². The van der Waals surface area contributed by atoms with Gasteiger partial charge in [0.25, 0.3) is 0 Å². The molecule has 0 N–H and O–H groups in total. The van der Waals surface area contributed by atoms with Crippen molar-refractivity contribution in [3.05, 3.63) is 29.5 Å². The van der Waals surface area contributed by atoms with Gasteiger partial charge in [0.15, 0.2) is 5.75 Å². The van der Waals surface area contributed by atoms with Crippen molar-refractivity contribution in [1.29, 1.82) is 0 Å². The van der Waals surface area contributed by atoms with Gasteiger partial charge < -0.3 is 9.15 Å². The first kappa shape index (κ1) is 6.71. The number of hydrogen-bond donors (Lipinski definition) is 0. The minimum absolute atomic E-state index is 0.283. The zero-order valence-electron chi connectivity index (χ0n) is 6.96. The van der Waals surface area contributed by atoms with Gasteiger partial charge in [0.05, 0.1) is 10.9 Å². The average molecular weight is 174 g/mol. The van der Waals surface area contributed by atoms with Crippen molar-refractivity contribution in [2.75, 3.05) is 0 Å². The van der Waals surface area contributed by atoms with E-state index in [0.717, 1.165) is 11.0 Å². The maximum Gasteiger partial charge on any atom is 0.344 e. The topological polar surface area (TPSA) is 39.4 Å². The predicted octanol–water partition coefficient (Wildman–Crippen LogP) is 2.27. The standard InChI is InChI=1S/C10H6O3/c1-5-9-8-6(10(11)13-9)3-2-4-7(8)12-5/h2-4H,1H3. The van der Waals surface area contributed by atoms with Gasteiger partial charge in [0.1, 0.15) is 11.3 Å². The van der Waals surface area contributed by atoms with Crippen molar-refractivity contribution in [2.45, 2.75) is 6.92 Å². The molecule has 2 aromatic rings. The van der Waals surface area contributed by atoms with Crippen molar-refractivity contribution in [3.63, 3.8) is 0 Å². The summed E-state index contributed by atoms with van der Waals surface area (Å²) in [6, 6.07) is 5.37. The third-order valence-corrected chi connectivity index (χ3v) is 2.25. The van der Waals surface area contributed by atoms with E-state index in [0.29, 0.717) is 17.1 Å². The quantitative estimate of drug-likeness (QED) is 0.575. The maximum absolute atomic E-state index is 11.3. The van der Waals surface area contributed by atoms with Crippen molar-refractivity contribution in [1.82, 2.24) is 0 Å². The fourth-order valence-electron chi connectivity index (χ4n) is 1.68. The van der Waals surface area contributed by atoms with E-state index < -0.39 is 0 Å². The van der Waals surface area contributed by atoms with Crippen LogP contribution in [0, 0.1) is 6.92 Å². The van der Waals surface area contributed by atoms with Gasteiger partial charge in [0, 0.05) is 0 Å². The van der Waals surface area contributed by atoms with Gasteiger partial charge in [-0.05, 0) is 19.1 Å². The van der Waals surface area contributed by atoms with Gasteiger partial charge >= 0.3 is 5.97 Å². The number of furan rings is 1. The Kier molecular flexibility index (Phi) is 0.999. The summed E-state index contributed by atoms with van der Waals surface area (Å²) in [5, 5.41) is 0.810. The maximum atomic E-state index is 11.3. The molecule has 1 aliphatic rings. The molecule has 0 saturated heterocycles. The van der Waals surface area contributed by atoms with Crippen LogP contribution in [0.25, 0.3) is 11.0 Å². The summed E-state index contributed by atoms with van der Waals surface area (Å²) in [7, 11) is 0. The van der Waals surface area contributed by atoms with Gasteiger partial charge in [-0.3, -0.25) is 0 Å². The van der Waals surface area contributed by atoms with Crippen LogP contribution in [-0.4, -0.2) is 5.97 Å². The van der Waals surface area contributed by atoms with E-state index in [2.05, 4.69) is 0 Å². The van der Waals surface area contributed by atoms with Crippen LogP contribution in [0.1, 0.15) is 16.1 Å². The molecule has 3 nitrogen and oxygen atoms in total. The van der Waals surface area contributed by atoms with Gasteiger partial charge in [-0.25, -0.2) is 4.79 Å². The fourth-order valence-corrected chi connectivity index (χ4v) is 1.68. The van der Waals surface area contributed by atoms with E-state index in [9.17, 15) is 4.79 Å². The molecule has 0 aliphatic carbocycles. The van der Waals surface area contributed by atoms with E-state index in [4.69, 9.17) is 9.15 Å². The molecule has 3 heteroatoms. The monoisotopic (exact) mass is 174 g/mol. The molecule has 0 saturated carbocycles. The molecular weight excluding hydrogens is 168 g/mol. The molecule has 0 radical (unpaired) electrons. The Morgan fingerprint density at radius 3 is 3.00 bits per heavy atom. The second kappa shape index (κ2) is 1.93. The fraction of sp³-hybridized carbons (Fsp3) is 0.100. The third kappa shape index (κ3) is 0.667. The van der Waals surface area contributed by atoms with E-state index in [-0.39, 0.29) is 5.97 Å². The van der Waals surface area contributed by atoms with E-state index in [1.54, 1.807) is 19.1 Å². The second-order valence-corrected chi connectivity index (χ2v) is 3.06. The van der Waals surface area contributed by atoms with Crippen LogP contribution in [-0.2, 0) is 0 Å². The smallest absolute Gasteiger partial charge is 0.344 e. The van der Waals surface area contributed by atoms with Crippen LogP contribution < -0.4 is 4.74 Å². The summed E-state index contributed by atoms with van der Waals surface area (Å²) in [4.78, 5) is 11.3. The Morgan fingerprint density at radius 2 is 2.15 bits per heavy atom. The Balaban J connectivity index is 2.58. The number of carbonyl (C=O) groups excluding carboxylic acids is 1. The van der Waals surface area contributed by atoms with Gasteiger partial charge in [-0.1, -0.05) is 6.07 Å². The number of hydrogen-bond acceptors (Lipinski definition) is 3. The minimum atomic E-state index is -0.283. The molecule has 0 spiro atoms. The van der Waals surface area contributed by atoms with Crippen molar-refractivity contribution in [2.24, 2.45) is 0 Å². The van der Waals surface area contributed by atoms with E-state index >= 15 is 0 Å². The molecule has 0 unspecified atom stereocenters. The summed E-state index contributed by atoms with van der Waals surface area (Å²) < 4.78 is 10.5. The number of carbonyl (C=O) groups is 1. The lowest BCUT2D eigenvalue weighted by atomic mass is 10.1. The van der Waals surface area contributed by atoms with Gasteiger partial charge in [-0.2, -0.15) is 0 Å². The largest absolute Gasteiger partial charge is 0.457 e. The summed E-state index contributed by atoms with van der Waals surface area (Å²) in [5.74, 6) is 0.957.